The third kappa shape index (κ3) is 3.87. The van der Waals surface area contributed by atoms with Crippen LogP contribution in [-0.4, -0.2) is 34.1 Å². The second kappa shape index (κ2) is 6.50. The van der Waals surface area contributed by atoms with Crippen molar-refractivity contribution in [2.45, 2.75) is 24.4 Å². The van der Waals surface area contributed by atoms with Crippen molar-refractivity contribution in [2.24, 2.45) is 0 Å². The van der Waals surface area contributed by atoms with Gasteiger partial charge in [-0.25, -0.2) is 18.1 Å². The lowest BCUT2D eigenvalue weighted by Crippen LogP contribution is -2.36. The van der Waals surface area contributed by atoms with Gasteiger partial charge in [-0.2, -0.15) is 5.10 Å². The summed E-state index contributed by atoms with van der Waals surface area (Å²) < 4.78 is 29.0. The zero-order valence-corrected chi connectivity index (χ0v) is 13.8. The first-order chi connectivity index (χ1) is 10.3. The maximum absolute atomic E-state index is 12.4. The van der Waals surface area contributed by atoms with Crippen LogP contribution < -0.4 is 4.72 Å². The number of nitro benzene ring substituents is 1. The molecule has 1 atom stereocenters. The molecule has 0 radical (unpaired) electrons. The fourth-order valence-electron chi connectivity index (χ4n) is 1.83. The Hall–Kier alpha value is -1.85. The van der Waals surface area contributed by atoms with Crippen LogP contribution in [0.15, 0.2) is 40.2 Å². The summed E-state index contributed by atoms with van der Waals surface area (Å²) in [5.41, 5.74) is -0.483. The van der Waals surface area contributed by atoms with E-state index in [1.807, 2.05) is 0 Å². The van der Waals surface area contributed by atoms with Gasteiger partial charge in [0.15, 0.2) is 4.90 Å². The summed E-state index contributed by atoms with van der Waals surface area (Å²) in [5.74, 6) is 0. The van der Waals surface area contributed by atoms with Gasteiger partial charge in [0.05, 0.1) is 11.5 Å². The summed E-state index contributed by atoms with van der Waals surface area (Å²) >= 11 is 3.12. The fraction of sp³-hybridized carbons (Fsp3) is 0.273. The highest BCUT2D eigenvalue weighted by molar-refractivity contribution is 9.10. The van der Waals surface area contributed by atoms with E-state index in [1.165, 1.54) is 29.5 Å². The Kier molecular flexibility index (Phi) is 4.88. The normalized spacial score (nSPS) is 13.0. The SMILES string of the molecule is CC(Cn1cncn1)NS(=O)(=O)c1cc(Br)ccc1[N+](=O)[O-]. The molecule has 118 valence electrons. The summed E-state index contributed by atoms with van der Waals surface area (Å²) in [5, 5.41) is 14.9. The van der Waals surface area contributed by atoms with E-state index < -0.39 is 31.6 Å². The molecule has 2 rings (SSSR count). The van der Waals surface area contributed by atoms with Crippen LogP contribution in [0.3, 0.4) is 0 Å². The maximum atomic E-state index is 12.4. The second-order valence-electron chi connectivity index (χ2n) is 4.51. The highest BCUT2D eigenvalue weighted by atomic mass is 79.9. The largest absolute Gasteiger partial charge is 0.289 e. The van der Waals surface area contributed by atoms with Gasteiger partial charge in [0.25, 0.3) is 5.69 Å². The first-order valence-corrected chi connectivity index (χ1v) is 8.36. The molecular weight excluding hydrogens is 378 g/mol. The first-order valence-electron chi connectivity index (χ1n) is 6.08. The lowest BCUT2D eigenvalue weighted by Gasteiger charge is -2.14. The molecule has 22 heavy (non-hydrogen) atoms. The molecule has 0 aliphatic rings. The summed E-state index contributed by atoms with van der Waals surface area (Å²) in [6.45, 7) is 1.88. The smallest absolute Gasteiger partial charge is 0.258 e. The second-order valence-corrected chi connectivity index (χ2v) is 7.11. The van der Waals surface area contributed by atoms with E-state index in [2.05, 4.69) is 30.7 Å². The number of hydrogen-bond donors (Lipinski definition) is 1. The van der Waals surface area contributed by atoms with E-state index in [0.29, 0.717) is 4.47 Å². The Labute approximate surface area is 134 Å². The van der Waals surface area contributed by atoms with Gasteiger partial charge in [-0.3, -0.25) is 14.8 Å². The van der Waals surface area contributed by atoms with Gasteiger partial charge >= 0.3 is 0 Å². The van der Waals surface area contributed by atoms with Crippen LogP contribution in [0.5, 0.6) is 0 Å². The monoisotopic (exact) mass is 389 g/mol. The van der Waals surface area contributed by atoms with Crippen molar-refractivity contribution in [3.8, 4) is 0 Å². The summed E-state index contributed by atoms with van der Waals surface area (Å²) in [6.07, 6.45) is 2.78. The fourth-order valence-corrected chi connectivity index (χ4v) is 3.77. The molecule has 0 spiro atoms. The summed E-state index contributed by atoms with van der Waals surface area (Å²) in [7, 11) is -4.04. The Balaban J connectivity index is 2.26. The Morgan fingerprint density at radius 3 is 2.82 bits per heavy atom. The zero-order chi connectivity index (χ0) is 16.3. The molecule has 0 aliphatic heterocycles. The van der Waals surface area contributed by atoms with Crippen LogP contribution in [-0.2, 0) is 16.6 Å². The quantitative estimate of drug-likeness (QED) is 0.587. The van der Waals surface area contributed by atoms with Gasteiger partial charge in [0.1, 0.15) is 12.7 Å². The average molecular weight is 390 g/mol. The van der Waals surface area contributed by atoms with E-state index in [0.717, 1.165) is 6.07 Å². The number of sulfonamides is 1. The molecule has 9 nitrogen and oxygen atoms in total. The van der Waals surface area contributed by atoms with Gasteiger partial charge in [-0.05, 0) is 19.1 Å². The van der Waals surface area contributed by atoms with Crippen LogP contribution >= 0.6 is 15.9 Å². The van der Waals surface area contributed by atoms with Gasteiger partial charge in [0, 0.05) is 16.6 Å². The number of hydrogen-bond acceptors (Lipinski definition) is 6. The summed E-state index contributed by atoms with van der Waals surface area (Å²) in [4.78, 5) is 13.6. The van der Waals surface area contributed by atoms with Gasteiger partial charge in [-0.1, -0.05) is 15.9 Å². The number of benzene rings is 1. The molecule has 0 fully saturated rings. The number of nitro groups is 1. The first kappa shape index (κ1) is 16.5. The Morgan fingerprint density at radius 1 is 1.50 bits per heavy atom. The topological polar surface area (TPSA) is 120 Å². The van der Waals surface area contributed by atoms with E-state index in [-0.39, 0.29) is 6.54 Å². The number of aromatic nitrogens is 3. The number of nitrogens with zero attached hydrogens (tertiary/aromatic N) is 4. The van der Waals surface area contributed by atoms with E-state index in [1.54, 1.807) is 6.92 Å². The van der Waals surface area contributed by atoms with E-state index in [9.17, 15) is 18.5 Å². The van der Waals surface area contributed by atoms with Gasteiger partial charge in [-0.15, -0.1) is 0 Å². The molecule has 1 heterocycles. The molecule has 0 saturated carbocycles. The van der Waals surface area contributed by atoms with Crippen LogP contribution in [0.4, 0.5) is 5.69 Å². The highest BCUT2D eigenvalue weighted by Crippen LogP contribution is 2.27. The zero-order valence-electron chi connectivity index (χ0n) is 11.4. The molecule has 0 bridgehead atoms. The van der Waals surface area contributed by atoms with Crippen molar-refractivity contribution in [1.29, 1.82) is 0 Å². The average Bonchev–Trinajstić information content (AvgIpc) is 2.90. The van der Waals surface area contributed by atoms with Crippen LogP contribution in [0.1, 0.15) is 6.92 Å². The molecule has 1 aromatic heterocycles. The molecule has 1 N–H and O–H groups in total. The van der Waals surface area contributed by atoms with Crippen LogP contribution in [0.25, 0.3) is 0 Å². The van der Waals surface area contributed by atoms with Crippen molar-refractivity contribution in [3.05, 3.63) is 45.4 Å². The van der Waals surface area contributed by atoms with Gasteiger partial charge < -0.3 is 0 Å². The highest BCUT2D eigenvalue weighted by Gasteiger charge is 2.27. The van der Waals surface area contributed by atoms with Crippen molar-refractivity contribution >= 4 is 31.6 Å². The van der Waals surface area contributed by atoms with Crippen molar-refractivity contribution in [2.75, 3.05) is 0 Å². The Bertz CT molecular complexity index is 778. The minimum atomic E-state index is -4.04. The van der Waals surface area contributed by atoms with E-state index >= 15 is 0 Å². The van der Waals surface area contributed by atoms with Crippen LogP contribution in [0, 0.1) is 10.1 Å². The third-order valence-electron chi connectivity index (χ3n) is 2.69. The lowest BCUT2D eigenvalue weighted by atomic mass is 10.3. The molecule has 0 saturated heterocycles. The minimum Gasteiger partial charge on any atom is -0.258 e. The number of halogens is 1. The molecule has 1 unspecified atom stereocenters. The predicted molar refractivity (Wildman–Crippen MR) is 80.6 cm³/mol. The van der Waals surface area contributed by atoms with Crippen molar-refractivity contribution in [1.82, 2.24) is 19.5 Å². The molecular formula is C11H12BrN5O4S. The number of rotatable bonds is 6. The minimum absolute atomic E-state index is 0.251. The summed E-state index contributed by atoms with van der Waals surface area (Å²) in [6, 6.07) is 3.23. The molecule has 1 aromatic carbocycles. The molecule has 11 heteroatoms. The third-order valence-corrected chi connectivity index (χ3v) is 4.80. The maximum Gasteiger partial charge on any atom is 0.289 e. The van der Waals surface area contributed by atoms with Crippen molar-refractivity contribution < 1.29 is 13.3 Å². The lowest BCUT2D eigenvalue weighted by molar-refractivity contribution is -0.387. The molecule has 0 amide bonds. The van der Waals surface area contributed by atoms with E-state index in [4.69, 9.17) is 0 Å². The van der Waals surface area contributed by atoms with Gasteiger partial charge in [0.2, 0.25) is 10.0 Å². The predicted octanol–water partition coefficient (Wildman–Crippen LogP) is 1.32. The standard InChI is InChI=1S/C11H12BrN5O4S/c1-8(5-16-7-13-6-14-16)15-22(20,21)11-4-9(12)2-3-10(11)17(18)19/h2-4,6-8,15H,5H2,1H3. The van der Waals surface area contributed by atoms with Crippen LogP contribution in [0.2, 0.25) is 0 Å². The molecule has 2 aromatic rings. The van der Waals surface area contributed by atoms with Crippen molar-refractivity contribution in [3.63, 3.8) is 0 Å². The number of nitrogens with one attached hydrogen (secondary N) is 1. The molecule has 0 aliphatic carbocycles. The Morgan fingerprint density at radius 2 is 2.23 bits per heavy atom.